The minimum atomic E-state index is -5.08. The molecule has 0 spiro atoms. The van der Waals surface area contributed by atoms with E-state index in [4.69, 9.17) is 15.6 Å². The molecule has 8 heteroatoms. The fourth-order valence-corrected chi connectivity index (χ4v) is 3.84. The van der Waals surface area contributed by atoms with Crippen LogP contribution in [0.4, 0.5) is 17.6 Å². The Balaban J connectivity index is 0.000000451. The fraction of sp³-hybridized carbons (Fsp3) is 0.458. The first-order chi connectivity index (χ1) is 14.8. The summed E-state index contributed by atoms with van der Waals surface area (Å²) in [4.78, 5) is 8.90. The second-order valence-electron chi connectivity index (χ2n) is 9.08. The highest BCUT2D eigenvalue weighted by atomic mass is 19.4. The van der Waals surface area contributed by atoms with Crippen LogP contribution in [0.5, 0.6) is 0 Å². The maximum Gasteiger partial charge on any atom is 0.490 e. The molecule has 0 aromatic heterocycles. The molecule has 3 unspecified atom stereocenters. The molecule has 0 fully saturated rings. The molecule has 4 N–H and O–H groups in total. The molecule has 0 amide bonds. The highest BCUT2D eigenvalue weighted by molar-refractivity contribution is 5.73. The van der Waals surface area contributed by atoms with Gasteiger partial charge in [0.1, 0.15) is 5.82 Å². The fourth-order valence-electron chi connectivity index (χ4n) is 3.84. The van der Waals surface area contributed by atoms with E-state index in [1.807, 2.05) is 6.07 Å². The summed E-state index contributed by atoms with van der Waals surface area (Å²) in [7, 11) is 0. The van der Waals surface area contributed by atoms with E-state index in [-0.39, 0.29) is 17.3 Å². The lowest BCUT2D eigenvalue weighted by molar-refractivity contribution is -0.192. The number of benzene rings is 2. The molecule has 0 bridgehead atoms. The molecule has 1 aliphatic carbocycles. The number of nitrogens with one attached hydrogen (secondary N) is 1. The number of carbonyl (C=O) groups is 1. The molecular weight excluding hydrogens is 424 g/mol. The van der Waals surface area contributed by atoms with E-state index in [1.165, 1.54) is 17.2 Å². The van der Waals surface area contributed by atoms with Crippen LogP contribution < -0.4 is 11.1 Å². The summed E-state index contributed by atoms with van der Waals surface area (Å²) in [6.45, 7) is 6.78. The monoisotopic (exact) mass is 454 g/mol. The maximum atomic E-state index is 13.4. The Hall–Kier alpha value is -2.45. The Morgan fingerprint density at radius 2 is 1.72 bits per heavy atom. The van der Waals surface area contributed by atoms with Crippen LogP contribution in [0.2, 0.25) is 0 Å². The van der Waals surface area contributed by atoms with Crippen molar-refractivity contribution >= 4 is 5.97 Å². The lowest BCUT2D eigenvalue weighted by Gasteiger charge is -2.34. The normalized spacial score (nSPS) is 19.0. The number of nitrogens with two attached hydrogens (primary N) is 1. The van der Waals surface area contributed by atoms with Crippen molar-refractivity contribution < 1.29 is 27.5 Å². The van der Waals surface area contributed by atoms with Crippen molar-refractivity contribution in [2.75, 3.05) is 0 Å². The summed E-state index contributed by atoms with van der Waals surface area (Å²) >= 11 is 0. The topological polar surface area (TPSA) is 75.3 Å². The maximum absolute atomic E-state index is 13.4. The van der Waals surface area contributed by atoms with Gasteiger partial charge in [0, 0.05) is 18.1 Å². The van der Waals surface area contributed by atoms with E-state index in [0.717, 1.165) is 24.8 Å². The number of rotatable bonds is 5. The number of aliphatic carboxylic acids is 1. The molecule has 2 aromatic rings. The van der Waals surface area contributed by atoms with Crippen LogP contribution in [0, 0.1) is 11.2 Å². The highest BCUT2D eigenvalue weighted by Gasteiger charge is 2.38. The van der Waals surface area contributed by atoms with Crippen molar-refractivity contribution in [2.24, 2.45) is 11.1 Å². The van der Waals surface area contributed by atoms with Gasteiger partial charge in [-0.15, -0.1) is 0 Å². The van der Waals surface area contributed by atoms with E-state index in [0.29, 0.717) is 12.1 Å². The third kappa shape index (κ3) is 7.31. The van der Waals surface area contributed by atoms with Gasteiger partial charge in [0.25, 0.3) is 0 Å². The highest BCUT2D eigenvalue weighted by Crippen LogP contribution is 2.39. The van der Waals surface area contributed by atoms with Crippen molar-refractivity contribution in [2.45, 2.75) is 64.3 Å². The van der Waals surface area contributed by atoms with Crippen molar-refractivity contribution in [3.8, 4) is 0 Å². The Morgan fingerprint density at radius 1 is 1.12 bits per heavy atom. The number of carboxylic acid groups (broad SMARTS) is 1. The first-order valence-corrected chi connectivity index (χ1v) is 10.4. The second-order valence-corrected chi connectivity index (χ2v) is 9.08. The molecule has 1 aliphatic rings. The third-order valence-corrected chi connectivity index (χ3v) is 5.56. The predicted molar refractivity (Wildman–Crippen MR) is 116 cm³/mol. The SMILES string of the molecule is CC(C)(C)C(CCc1cccc(F)c1)NC1CC(N)c2ccccc21.O=C(O)C(F)(F)F. The Labute approximate surface area is 185 Å². The molecule has 176 valence electrons. The van der Waals surface area contributed by atoms with Gasteiger partial charge < -0.3 is 16.2 Å². The summed E-state index contributed by atoms with van der Waals surface area (Å²) < 4.78 is 45.2. The van der Waals surface area contributed by atoms with E-state index < -0.39 is 12.1 Å². The summed E-state index contributed by atoms with van der Waals surface area (Å²) in [6, 6.07) is 16.1. The number of aryl methyl sites for hydroxylation is 1. The van der Waals surface area contributed by atoms with E-state index in [1.54, 1.807) is 12.1 Å². The molecule has 0 aliphatic heterocycles. The molecular formula is C24H30F4N2O2. The smallest absolute Gasteiger partial charge is 0.475 e. The quantitative estimate of drug-likeness (QED) is 0.519. The van der Waals surface area contributed by atoms with Gasteiger partial charge in [-0.2, -0.15) is 13.2 Å². The molecule has 32 heavy (non-hydrogen) atoms. The first kappa shape index (κ1) is 25.8. The van der Waals surface area contributed by atoms with Gasteiger partial charge in [-0.3, -0.25) is 0 Å². The second kappa shape index (κ2) is 10.4. The zero-order valence-electron chi connectivity index (χ0n) is 18.4. The third-order valence-electron chi connectivity index (χ3n) is 5.56. The van der Waals surface area contributed by atoms with Crippen molar-refractivity contribution in [3.63, 3.8) is 0 Å². The van der Waals surface area contributed by atoms with Gasteiger partial charge in [-0.25, -0.2) is 9.18 Å². The number of halogens is 4. The summed E-state index contributed by atoms with van der Waals surface area (Å²) in [5, 5.41) is 11.0. The summed E-state index contributed by atoms with van der Waals surface area (Å²) in [5.74, 6) is -2.92. The van der Waals surface area contributed by atoms with Crippen LogP contribution >= 0.6 is 0 Å². The van der Waals surface area contributed by atoms with Gasteiger partial charge in [0.05, 0.1) is 0 Å². The molecule has 0 radical (unpaired) electrons. The van der Waals surface area contributed by atoms with Crippen LogP contribution in [0.3, 0.4) is 0 Å². The molecule has 3 atom stereocenters. The number of fused-ring (bicyclic) bond motifs is 1. The predicted octanol–water partition coefficient (Wildman–Crippen LogP) is 5.54. The number of carboxylic acids is 1. The number of hydrogen-bond donors (Lipinski definition) is 3. The largest absolute Gasteiger partial charge is 0.490 e. The van der Waals surface area contributed by atoms with Crippen LogP contribution in [0.1, 0.15) is 62.4 Å². The van der Waals surface area contributed by atoms with E-state index in [2.05, 4.69) is 50.4 Å². The molecule has 3 rings (SSSR count). The van der Waals surface area contributed by atoms with E-state index >= 15 is 0 Å². The molecule has 0 saturated heterocycles. The van der Waals surface area contributed by atoms with Crippen molar-refractivity contribution in [1.29, 1.82) is 0 Å². The van der Waals surface area contributed by atoms with Crippen LogP contribution in [0.15, 0.2) is 48.5 Å². The molecule has 2 aromatic carbocycles. The lowest BCUT2D eigenvalue weighted by Crippen LogP contribution is -2.42. The van der Waals surface area contributed by atoms with Gasteiger partial charge >= 0.3 is 12.1 Å². The molecule has 4 nitrogen and oxygen atoms in total. The van der Waals surface area contributed by atoms with Crippen LogP contribution in [0.25, 0.3) is 0 Å². The van der Waals surface area contributed by atoms with Gasteiger partial charge in [-0.05, 0) is 53.5 Å². The van der Waals surface area contributed by atoms with E-state index in [9.17, 15) is 17.6 Å². The van der Waals surface area contributed by atoms with Crippen molar-refractivity contribution in [1.82, 2.24) is 5.32 Å². The molecule has 0 saturated carbocycles. The summed E-state index contributed by atoms with van der Waals surface area (Å²) in [6.07, 6.45) is -2.31. The van der Waals surface area contributed by atoms with Gasteiger partial charge in [0.15, 0.2) is 0 Å². The van der Waals surface area contributed by atoms with Crippen LogP contribution in [-0.2, 0) is 11.2 Å². The van der Waals surface area contributed by atoms with Crippen molar-refractivity contribution in [3.05, 3.63) is 71.0 Å². The minimum absolute atomic E-state index is 0.109. The Bertz CT molecular complexity index is 909. The average Bonchev–Trinajstić information content (AvgIpc) is 3.00. The number of hydrogen-bond acceptors (Lipinski definition) is 3. The zero-order chi connectivity index (χ0) is 24.1. The summed E-state index contributed by atoms with van der Waals surface area (Å²) in [5.41, 5.74) is 10.1. The minimum Gasteiger partial charge on any atom is -0.475 e. The first-order valence-electron chi connectivity index (χ1n) is 10.4. The zero-order valence-corrected chi connectivity index (χ0v) is 18.4. The van der Waals surface area contributed by atoms with Gasteiger partial charge in [-0.1, -0.05) is 57.2 Å². The lowest BCUT2D eigenvalue weighted by atomic mass is 9.82. The van der Waals surface area contributed by atoms with Gasteiger partial charge in [0.2, 0.25) is 0 Å². The average molecular weight is 455 g/mol. The number of alkyl halides is 3. The standard InChI is InChI=1S/C22H29FN2.C2HF3O2/c1-22(2,3)21(12-11-15-7-6-8-16(23)13-15)25-20-14-19(24)17-9-4-5-10-18(17)20;3-2(4,5)1(6)7/h4-10,13,19-21,25H,11-12,14,24H2,1-3H3;(H,6,7). The Morgan fingerprint density at radius 3 is 2.25 bits per heavy atom. The molecule has 0 heterocycles. The van der Waals surface area contributed by atoms with Crippen LogP contribution in [-0.4, -0.2) is 23.3 Å². The Kier molecular flexibility index (Phi) is 8.42.